The molecule has 5 nitrogen and oxygen atoms in total. The van der Waals surface area contributed by atoms with Gasteiger partial charge in [0.05, 0.1) is 13.7 Å². The van der Waals surface area contributed by atoms with Crippen molar-refractivity contribution in [3.05, 3.63) is 23.8 Å². The first kappa shape index (κ1) is 18.6. The molecule has 0 aliphatic carbocycles. The van der Waals surface area contributed by atoms with E-state index in [1.165, 1.54) is 0 Å². The molecule has 6 heteroatoms. The second-order valence-electron chi connectivity index (χ2n) is 5.73. The van der Waals surface area contributed by atoms with E-state index >= 15 is 0 Å². The minimum atomic E-state index is -0.505. The van der Waals surface area contributed by atoms with Crippen LogP contribution in [0.25, 0.3) is 0 Å². The number of alkyl carbamates (subject to hydrolysis) is 1. The molecule has 0 fully saturated rings. The van der Waals surface area contributed by atoms with Gasteiger partial charge in [-0.1, -0.05) is 22.0 Å². The number of methoxy groups -OCH3 is 1. The molecule has 1 aromatic rings. The van der Waals surface area contributed by atoms with E-state index in [0.29, 0.717) is 24.7 Å². The molecule has 0 radical (unpaired) electrons. The maximum atomic E-state index is 11.6. The van der Waals surface area contributed by atoms with Gasteiger partial charge in [-0.05, 0) is 44.9 Å². The summed E-state index contributed by atoms with van der Waals surface area (Å²) >= 11 is 3.36. The summed E-state index contributed by atoms with van der Waals surface area (Å²) in [5.41, 5.74) is 0.407. The maximum absolute atomic E-state index is 11.6. The Bertz CT molecular complexity index is 486. The second-order valence-corrected chi connectivity index (χ2v) is 6.52. The summed E-state index contributed by atoms with van der Waals surface area (Å²) in [5.74, 6) is 1.35. The van der Waals surface area contributed by atoms with E-state index < -0.39 is 11.7 Å². The third-order valence-electron chi connectivity index (χ3n) is 2.60. The average molecular weight is 374 g/mol. The number of carbonyl (C=O) groups is 1. The number of nitrogens with one attached hydrogen (secondary N) is 1. The molecule has 0 aliphatic rings. The Morgan fingerprint density at radius 2 is 2.00 bits per heavy atom. The fourth-order valence-electron chi connectivity index (χ4n) is 1.67. The standard InChI is InChI=1S/C16H24BrNO4/c1-16(2,3)22-15(19)18-11-12-6-7-13(14(10-12)20-4)21-9-5-8-17/h6-7,10H,5,8-9,11H2,1-4H3,(H,18,19). The molecular weight excluding hydrogens is 350 g/mol. The van der Waals surface area contributed by atoms with Crippen LogP contribution in [0.3, 0.4) is 0 Å². The summed E-state index contributed by atoms with van der Waals surface area (Å²) in [6, 6.07) is 5.59. The molecule has 22 heavy (non-hydrogen) atoms. The molecule has 0 aromatic heterocycles. The molecule has 1 rings (SSSR count). The van der Waals surface area contributed by atoms with Crippen molar-refractivity contribution in [3.63, 3.8) is 0 Å². The van der Waals surface area contributed by atoms with Gasteiger partial charge in [0.15, 0.2) is 11.5 Å². The van der Waals surface area contributed by atoms with E-state index in [1.54, 1.807) is 7.11 Å². The highest BCUT2D eigenvalue weighted by molar-refractivity contribution is 9.09. The van der Waals surface area contributed by atoms with Crippen LogP contribution in [-0.2, 0) is 11.3 Å². The van der Waals surface area contributed by atoms with Crippen LogP contribution in [-0.4, -0.2) is 30.7 Å². The second kappa shape index (κ2) is 8.88. The van der Waals surface area contributed by atoms with Crippen LogP contribution in [0.15, 0.2) is 18.2 Å². The van der Waals surface area contributed by atoms with Crippen molar-refractivity contribution in [2.45, 2.75) is 39.3 Å². The highest BCUT2D eigenvalue weighted by atomic mass is 79.9. The molecule has 0 saturated carbocycles. The SMILES string of the molecule is COc1cc(CNC(=O)OC(C)(C)C)ccc1OCCCBr. The Hall–Kier alpha value is -1.43. The van der Waals surface area contributed by atoms with E-state index in [-0.39, 0.29) is 0 Å². The predicted octanol–water partition coefficient (Wildman–Crippen LogP) is 3.88. The van der Waals surface area contributed by atoms with Crippen molar-refractivity contribution in [1.82, 2.24) is 5.32 Å². The molecule has 124 valence electrons. The number of rotatable bonds is 7. The Morgan fingerprint density at radius 3 is 2.59 bits per heavy atom. The number of amides is 1. The van der Waals surface area contributed by atoms with Crippen molar-refractivity contribution < 1.29 is 19.0 Å². The van der Waals surface area contributed by atoms with Gasteiger partial charge < -0.3 is 19.5 Å². The monoisotopic (exact) mass is 373 g/mol. The third kappa shape index (κ3) is 7.02. The van der Waals surface area contributed by atoms with Crippen LogP contribution in [0.4, 0.5) is 4.79 Å². The molecule has 0 unspecified atom stereocenters. The summed E-state index contributed by atoms with van der Waals surface area (Å²) in [6.45, 7) is 6.47. The fourth-order valence-corrected chi connectivity index (χ4v) is 1.90. The van der Waals surface area contributed by atoms with E-state index in [1.807, 2.05) is 39.0 Å². The summed E-state index contributed by atoms with van der Waals surface area (Å²) in [6.07, 6.45) is 0.481. The lowest BCUT2D eigenvalue weighted by molar-refractivity contribution is 0.0523. The lowest BCUT2D eigenvalue weighted by atomic mass is 10.2. The van der Waals surface area contributed by atoms with Crippen molar-refractivity contribution in [2.24, 2.45) is 0 Å². The average Bonchev–Trinajstić information content (AvgIpc) is 2.44. The van der Waals surface area contributed by atoms with Crippen LogP contribution in [0.1, 0.15) is 32.8 Å². The maximum Gasteiger partial charge on any atom is 0.407 e. The first-order valence-electron chi connectivity index (χ1n) is 7.18. The highest BCUT2D eigenvalue weighted by Gasteiger charge is 2.16. The van der Waals surface area contributed by atoms with Gasteiger partial charge in [0, 0.05) is 11.9 Å². The predicted molar refractivity (Wildman–Crippen MR) is 90.0 cm³/mol. The number of halogens is 1. The van der Waals surface area contributed by atoms with E-state index in [2.05, 4.69) is 21.2 Å². The zero-order valence-corrected chi connectivity index (χ0v) is 15.2. The fraction of sp³-hybridized carbons (Fsp3) is 0.562. The Balaban J connectivity index is 2.59. The highest BCUT2D eigenvalue weighted by Crippen LogP contribution is 2.28. The lowest BCUT2D eigenvalue weighted by Crippen LogP contribution is -2.32. The smallest absolute Gasteiger partial charge is 0.407 e. The first-order valence-corrected chi connectivity index (χ1v) is 8.30. The molecule has 0 atom stereocenters. The van der Waals surface area contributed by atoms with Crippen molar-refractivity contribution >= 4 is 22.0 Å². The van der Waals surface area contributed by atoms with Crippen molar-refractivity contribution in [2.75, 3.05) is 19.0 Å². The zero-order chi connectivity index (χ0) is 16.6. The topological polar surface area (TPSA) is 56.8 Å². The molecule has 1 N–H and O–H groups in total. The van der Waals surface area contributed by atoms with Gasteiger partial charge in [-0.2, -0.15) is 0 Å². The molecule has 1 aromatic carbocycles. The van der Waals surface area contributed by atoms with E-state index in [0.717, 1.165) is 17.3 Å². The minimum absolute atomic E-state index is 0.368. The van der Waals surface area contributed by atoms with Gasteiger partial charge in [0.25, 0.3) is 0 Å². The Kier molecular flexibility index (Phi) is 7.51. The molecule has 1 amide bonds. The van der Waals surface area contributed by atoms with Crippen molar-refractivity contribution in [1.29, 1.82) is 0 Å². The summed E-state index contributed by atoms with van der Waals surface area (Å²) in [4.78, 5) is 11.6. The number of hydrogen-bond donors (Lipinski definition) is 1. The first-order chi connectivity index (χ1) is 10.4. The molecule has 0 heterocycles. The number of carbonyl (C=O) groups excluding carboxylic acids is 1. The van der Waals surface area contributed by atoms with Crippen LogP contribution in [0.2, 0.25) is 0 Å². The largest absolute Gasteiger partial charge is 0.493 e. The number of alkyl halides is 1. The van der Waals surface area contributed by atoms with Gasteiger partial charge in [0.2, 0.25) is 0 Å². The quantitative estimate of drug-likeness (QED) is 0.581. The van der Waals surface area contributed by atoms with Gasteiger partial charge >= 0.3 is 6.09 Å². The number of hydrogen-bond acceptors (Lipinski definition) is 4. The molecular formula is C16H24BrNO4. The van der Waals surface area contributed by atoms with E-state index in [4.69, 9.17) is 14.2 Å². The van der Waals surface area contributed by atoms with Crippen LogP contribution in [0.5, 0.6) is 11.5 Å². The number of benzene rings is 1. The van der Waals surface area contributed by atoms with Crippen LogP contribution < -0.4 is 14.8 Å². The normalized spacial score (nSPS) is 11.0. The van der Waals surface area contributed by atoms with Gasteiger partial charge in [-0.25, -0.2) is 4.79 Å². The Labute approximate surface area is 140 Å². The van der Waals surface area contributed by atoms with Gasteiger partial charge in [-0.3, -0.25) is 0 Å². The summed E-state index contributed by atoms with van der Waals surface area (Å²) in [5, 5.41) is 3.61. The Morgan fingerprint density at radius 1 is 1.27 bits per heavy atom. The molecule has 0 bridgehead atoms. The summed E-state index contributed by atoms with van der Waals surface area (Å²) in [7, 11) is 1.59. The molecule has 0 saturated heterocycles. The molecule has 0 spiro atoms. The van der Waals surface area contributed by atoms with Gasteiger partial charge in [-0.15, -0.1) is 0 Å². The van der Waals surface area contributed by atoms with Crippen LogP contribution in [0, 0.1) is 0 Å². The number of ether oxygens (including phenoxy) is 3. The summed E-state index contributed by atoms with van der Waals surface area (Å²) < 4.78 is 16.2. The van der Waals surface area contributed by atoms with E-state index in [9.17, 15) is 4.79 Å². The zero-order valence-electron chi connectivity index (χ0n) is 13.6. The van der Waals surface area contributed by atoms with Gasteiger partial charge in [0.1, 0.15) is 5.60 Å². The third-order valence-corrected chi connectivity index (χ3v) is 3.16. The molecule has 0 aliphatic heterocycles. The van der Waals surface area contributed by atoms with Crippen molar-refractivity contribution in [3.8, 4) is 11.5 Å². The van der Waals surface area contributed by atoms with Crippen LogP contribution >= 0.6 is 15.9 Å². The lowest BCUT2D eigenvalue weighted by Gasteiger charge is -2.19. The minimum Gasteiger partial charge on any atom is -0.493 e.